The number of carboxylic acid groups (broad SMARTS) is 1. The largest absolute Gasteiger partial charge is 0.480 e. The van der Waals surface area contributed by atoms with Gasteiger partial charge in [0, 0.05) is 12.0 Å². The van der Waals surface area contributed by atoms with E-state index in [0.29, 0.717) is 6.42 Å². The molecule has 0 spiro atoms. The summed E-state index contributed by atoms with van der Waals surface area (Å²) in [5.41, 5.74) is 0.930. The van der Waals surface area contributed by atoms with E-state index in [1.807, 2.05) is 20.8 Å². The summed E-state index contributed by atoms with van der Waals surface area (Å²) < 4.78 is 0. The minimum absolute atomic E-state index is 0.101. The molecule has 0 fully saturated rings. The van der Waals surface area contributed by atoms with Crippen LogP contribution in [0, 0.1) is 5.92 Å². The van der Waals surface area contributed by atoms with E-state index < -0.39 is 5.97 Å². The van der Waals surface area contributed by atoms with Crippen LogP contribution in [-0.4, -0.2) is 34.5 Å². The molecule has 4 heteroatoms. The first-order chi connectivity index (χ1) is 7.25. The van der Waals surface area contributed by atoms with Crippen LogP contribution in [0.4, 0.5) is 0 Å². The second kappa shape index (κ2) is 6.30. The second-order valence-electron chi connectivity index (χ2n) is 4.52. The number of nitrogens with zero attached hydrogens (tertiary/aromatic N) is 1. The van der Waals surface area contributed by atoms with Crippen LogP contribution in [0.3, 0.4) is 0 Å². The van der Waals surface area contributed by atoms with Gasteiger partial charge in [-0.1, -0.05) is 12.5 Å². The van der Waals surface area contributed by atoms with Crippen LogP contribution >= 0.6 is 0 Å². The predicted octanol–water partition coefficient (Wildman–Crippen LogP) is 1.91. The topological polar surface area (TPSA) is 57.6 Å². The molecule has 0 aliphatic heterocycles. The lowest BCUT2D eigenvalue weighted by Crippen LogP contribution is -2.43. The fourth-order valence-electron chi connectivity index (χ4n) is 1.55. The molecule has 1 N–H and O–H groups in total. The average Bonchev–Trinajstić information content (AvgIpc) is 2.11. The number of amides is 1. The molecule has 16 heavy (non-hydrogen) atoms. The van der Waals surface area contributed by atoms with E-state index >= 15 is 0 Å². The SMILES string of the molecule is C=C(C)CC(C)C(=O)N(CC(=O)O)C(C)C. The van der Waals surface area contributed by atoms with Crippen molar-refractivity contribution < 1.29 is 14.7 Å². The highest BCUT2D eigenvalue weighted by Crippen LogP contribution is 2.14. The fourth-order valence-corrected chi connectivity index (χ4v) is 1.55. The van der Waals surface area contributed by atoms with E-state index in [-0.39, 0.29) is 24.4 Å². The van der Waals surface area contributed by atoms with E-state index in [1.165, 1.54) is 4.90 Å². The Morgan fingerprint density at radius 3 is 2.12 bits per heavy atom. The third kappa shape index (κ3) is 4.96. The number of carbonyl (C=O) groups is 2. The Labute approximate surface area is 96.9 Å². The highest BCUT2D eigenvalue weighted by Gasteiger charge is 2.24. The third-order valence-electron chi connectivity index (χ3n) is 2.29. The Morgan fingerprint density at radius 1 is 1.31 bits per heavy atom. The molecule has 0 aliphatic rings. The number of rotatable bonds is 6. The number of hydrogen-bond acceptors (Lipinski definition) is 2. The van der Waals surface area contributed by atoms with Gasteiger partial charge in [0.25, 0.3) is 0 Å². The molecule has 92 valence electrons. The van der Waals surface area contributed by atoms with Crippen LogP contribution in [0.5, 0.6) is 0 Å². The molecule has 0 aromatic heterocycles. The molecule has 1 amide bonds. The van der Waals surface area contributed by atoms with Gasteiger partial charge >= 0.3 is 5.97 Å². The fraction of sp³-hybridized carbons (Fsp3) is 0.667. The molecule has 0 aromatic rings. The summed E-state index contributed by atoms with van der Waals surface area (Å²) >= 11 is 0. The highest BCUT2D eigenvalue weighted by atomic mass is 16.4. The van der Waals surface area contributed by atoms with Crippen molar-refractivity contribution in [1.29, 1.82) is 0 Å². The maximum atomic E-state index is 12.0. The Morgan fingerprint density at radius 2 is 1.81 bits per heavy atom. The van der Waals surface area contributed by atoms with Crippen molar-refractivity contribution in [2.45, 2.75) is 40.2 Å². The van der Waals surface area contributed by atoms with Crippen molar-refractivity contribution in [3.63, 3.8) is 0 Å². The smallest absolute Gasteiger partial charge is 0.323 e. The molecular weight excluding hydrogens is 206 g/mol. The van der Waals surface area contributed by atoms with E-state index in [0.717, 1.165) is 5.57 Å². The van der Waals surface area contributed by atoms with Crippen LogP contribution in [0.25, 0.3) is 0 Å². The zero-order chi connectivity index (χ0) is 12.9. The predicted molar refractivity (Wildman–Crippen MR) is 63.1 cm³/mol. The first-order valence-corrected chi connectivity index (χ1v) is 5.42. The maximum absolute atomic E-state index is 12.0. The standard InChI is InChI=1S/C12H21NO3/c1-8(2)6-10(5)12(16)13(9(3)4)7-11(14)15/h9-10H,1,6-7H2,2-5H3,(H,14,15). The lowest BCUT2D eigenvalue weighted by Gasteiger charge is -2.27. The minimum Gasteiger partial charge on any atom is -0.480 e. The Kier molecular flexibility index (Phi) is 5.78. The monoisotopic (exact) mass is 227 g/mol. The van der Waals surface area contributed by atoms with Gasteiger partial charge in [-0.15, -0.1) is 6.58 Å². The Hall–Kier alpha value is -1.32. The van der Waals surface area contributed by atoms with Gasteiger partial charge in [-0.3, -0.25) is 9.59 Å². The summed E-state index contributed by atoms with van der Waals surface area (Å²) in [4.78, 5) is 24.0. The molecular formula is C12H21NO3. The van der Waals surface area contributed by atoms with Gasteiger partial charge < -0.3 is 10.0 Å². The molecule has 0 aliphatic carbocycles. The lowest BCUT2D eigenvalue weighted by molar-refractivity contribution is -0.147. The van der Waals surface area contributed by atoms with Gasteiger partial charge in [-0.2, -0.15) is 0 Å². The van der Waals surface area contributed by atoms with Gasteiger partial charge in [-0.05, 0) is 27.2 Å². The van der Waals surface area contributed by atoms with Crippen molar-refractivity contribution in [1.82, 2.24) is 4.90 Å². The molecule has 0 rings (SSSR count). The van der Waals surface area contributed by atoms with E-state index in [1.54, 1.807) is 6.92 Å². The molecule has 4 nitrogen and oxygen atoms in total. The Balaban J connectivity index is 4.60. The van der Waals surface area contributed by atoms with Crippen LogP contribution in [0.2, 0.25) is 0 Å². The molecule has 1 atom stereocenters. The Bertz CT molecular complexity index is 284. The van der Waals surface area contributed by atoms with Gasteiger partial charge in [0.05, 0.1) is 0 Å². The zero-order valence-corrected chi connectivity index (χ0v) is 10.5. The van der Waals surface area contributed by atoms with Crippen LogP contribution in [0.1, 0.15) is 34.1 Å². The first kappa shape index (κ1) is 14.7. The number of hydrogen-bond donors (Lipinski definition) is 1. The van der Waals surface area contributed by atoms with E-state index in [4.69, 9.17) is 5.11 Å². The second-order valence-corrected chi connectivity index (χ2v) is 4.52. The molecule has 0 heterocycles. The van der Waals surface area contributed by atoms with Crippen LogP contribution in [0.15, 0.2) is 12.2 Å². The summed E-state index contributed by atoms with van der Waals surface area (Å²) in [5, 5.41) is 8.73. The molecule has 1 unspecified atom stereocenters. The summed E-state index contributed by atoms with van der Waals surface area (Å²) in [7, 11) is 0. The first-order valence-electron chi connectivity index (χ1n) is 5.42. The minimum atomic E-state index is -0.982. The number of carboxylic acids is 1. The zero-order valence-electron chi connectivity index (χ0n) is 10.5. The number of allylic oxidation sites excluding steroid dienone is 1. The van der Waals surface area contributed by atoms with E-state index in [2.05, 4.69) is 6.58 Å². The van der Waals surface area contributed by atoms with Crippen molar-refractivity contribution >= 4 is 11.9 Å². The highest BCUT2D eigenvalue weighted by molar-refractivity contribution is 5.83. The maximum Gasteiger partial charge on any atom is 0.323 e. The summed E-state index contributed by atoms with van der Waals surface area (Å²) in [6.07, 6.45) is 0.599. The quantitative estimate of drug-likeness (QED) is 0.705. The van der Waals surface area contributed by atoms with Gasteiger partial charge in [-0.25, -0.2) is 0 Å². The van der Waals surface area contributed by atoms with Crippen molar-refractivity contribution in [2.24, 2.45) is 5.92 Å². The molecule has 0 saturated carbocycles. The van der Waals surface area contributed by atoms with Crippen molar-refractivity contribution in [3.05, 3.63) is 12.2 Å². The third-order valence-corrected chi connectivity index (χ3v) is 2.29. The summed E-state index contributed by atoms with van der Waals surface area (Å²) in [5.74, 6) is -1.32. The lowest BCUT2D eigenvalue weighted by atomic mass is 10.0. The summed E-state index contributed by atoms with van der Waals surface area (Å²) in [6.45, 7) is 10.8. The van der Waals surface area contributed by atoms with Crippen LogP contribution in [-0.2, 0) is 9.59 Å². The molecule has 0 saturated heterocycles. The molecule has 0 radical (unpaired) electrons. The summed E-state index contributed by atoms with van der Waals surface area (Å²) in [6, 6.07) is -0.101. The molecule has 0 aromatic carbocycles. The molecule has 0 bridgehead atoms. The average molecular weight is 227 g/mol. The van der Waals surface area contributed by atoms with Gasteiger partial charge in [0.1, 0.15) is 6.54 Å². The normalized spacial score (nSPS) is 12.3. The van der Waals surface area contributed by atoms with Gasteiger partial charge in [0.2, 0.25) is 5.91 Å². The number of carbonyl (C=O) groups excluding carboxylic acids is 1. The van der Waals surface area contributed by atoms with Crippen molar-refractivity contribution in [2.75, 3.05) is 6.54 Å². The van der Waals surface area contributed by atoms with Crippen LogP contribution < -0.4 is 0 Å². The number of aliphatic carboxylic acids is 1. The van der Waals surface area contributed by atoms with Crippen molar-refractivity contribution in [3.8, 4) is 0 Å². The van der Waals surface area contributed by atoms with E-state index in [9.17, 15) is 9.59 Å². The van der Waals surface area contributed by atoms with Gasteiger partial charge in [0.15, 0.2) is 0 Å².